The highest BCUT2D eigenvalue weighted by Gasteiger charge is 2.31. The molecule has 0 unspecified atom stereocenters. The molecule has 0 aliphatic carbocycles. The van der Waals surface area contributed by atoms with Crippen LogP contribution in [0, 0.1) is 6.92 Å². The van der Waals surface area contributed by atoms with Crippen LogP contribution < -0.4 is 10.1 Å². The van der Waals surface area contributed by atoms with Gasteiger partial charge in [-0.15, -0.1) is 11.3 Å². The van der Waals surface area contributed by atoms with Crippen LogP contribution in [-0.4, -0.2) is 61.3 Å². The first-order valence-corrected chi connectivity index (χ1v) is 11.8. The lowest BCUT2D eigenvalue weighted by Gasteiger charge is -2.33. The van der Waals surface area contributed by atoms with Gasteiger partial charge in [0, 0.05) is 50.7 Å². The van der Waals surface area contributed by atoms with Crippen molar-refractivity contribution in [3.05, 3.63) is 34.3 Å². The molecule has 1 aliphatic rings. The average molecular weight is 439 g/mol. The zero-order valence-electron chi connectivity index (χ0n) is 16.8. The summed E-state index contributed by atoms with van der Waals surface area (Å²) < 4.78 is 33.6. The summed E-state index contributed by atoms with van der Waals surface area (Å²) in [6.07, 6.45) is 0. The number of hydrogen-bond acceptors (Lipinski definition) is 7. The summed E-state index contributed by atoms with van der Waals surface area (Å²) in [5, 5.41) is 5.71. The molecule has 158 valence electrons. The zero-order chi connectivity index (χ0) is 21.0. The number of aryl methyl sites for hydroxylation is 1. The summed E-state index contributed by atoms with van der Waals surface area (Å²) in [6, 6.07) is 4.69. The van der Waals surface area contributed by atoms with Crippen LogP contribution in [0.5, 0.6) is 5.75 Å². The SMILES string of the molecule is CCOc1ccc(NC(C)=O)cc1S(=O)(=O)N1CCN(Cc2csc(C)n2)CC1. The Kier molecular flexibility index (Phi) is 6.89. The molecular weight excluding hydrogens is 412 g/mol. The maximum absolute atomic E-state index is 13.3. The van der Waals surface area contributed by atoms with Gasteiger partial charge in [-0.1, -0.05) is 0 Å². The minimum atomic E-state index is -3.75. The van der Waals surface area contributed by atoms with E-state index in [4.69, 9.17) is 4.74 Å². The lowest BCUT2D eigenvalue weighted by Crippen LogP contribution is -2.48. The van der Waals surface area contributed by atoms with Gasteiger partial charge in [0.25, 0.3) is 0 Å². The molecule has 0 bridgehead atoms. The molecule has 2 heterocycles. The van der Waals surface area contributed by atoms with Gasteiger partial charge < -0.3 is 10.1 Å². The van der Waals surface area contributed by atoms with E-state index in [1.165, 1.54) is 17.3 Å². The molecule has 1 saturated heterocycles. The molecule has 2 aromatic rings. The smallest absolute Gasteiger partial charge is 0.246 e. The van der Waals surface area contributed by atoms with Crippen molar-refractivity contribution in [1.29, 1.82) is 0 Å². The molecule has 8 nitrogen and oxygen atoms in total. The van der Waals surface area contributed by atoms with Crippen LogP contribution in [0.3, 0.4) is 0 Å². The van der Waals surface area contributed by atoms with E-state index in [1.54, 1.807) is 30.4 Å². The minimum absolute atomic E-state index is 0.0779. The van der Waals surface area contributed by atoms with Gasteiger partial charge in [-0.3, -0.25) is 9.69 Å². The first-order valence-electron chi connectivity index (χ1n) is 9.47. The number of piperazine rings is 1. The Labute approximate surface area is 175 Å². The van der Waals surface area contributed by atoms with Crippen LogP contribution in [0.25, 0.3) is 0 Å². The first-order chi connectivity index (χ1) is 13.8. The van der Waals surface area contributed by atoms with Crippen molar-refractivity contribution < 1.29 is 17.9 Å². The maximum Gasteiger partial charge on any atom is 0.246 e. The van der Waals surface area contributed by atoms with Crippen LogP contribution in [0.1, 0.15) is 24.5 Å². The molecule has 1 aromatic carbocycles. The number of rotatable bonds is 7. The van der Waals surface area contributed by atoms with Crippen LogP contribution >= 0.6 is 11.3 Å². The Morgan fingerprint density at radius 2 is 2.00 bits per heavy atom. The van der Waals surface area contributed by atoms with E-state index in [2.05, 4.69) is 15.2 Å². The molecular formula is C19H26N4O4S2. The zero-order valence-corrected chi connectivity index (χ0v) is 18.5. The van der Waals surface area contributed by atoms with Crippen molar-refractivity contribution in [2.45, 2.75) is 32.2 Å². The van der Waals surface area contributed by atoms with Crippen molar-refractivity contribution in [3.8, 4) is 5.75 Å². The molecule has 0 saturated carbocycles. The molecule has 0 radical (unpaired) electrons. The number of anilines is 1. The van der Waals surface area contributed by atoms with Gasteiger partial charge in [-0.05, 0) is 32.0 Å². The fraction of sp³-hybridized carbons (Fsp3) is 0.474. The van der Waals surface area contributed by atoms with Gasteiger partial charge in [-0.25, -0.2) is 13.4 Å². The molecule has 1 fully saturated rings. The molecule has 0 atom stereocenters. The van der Waals surface area contributed by atoms with Crippen molar-refractivity contribution >= 4 is 33.0 Å². The molecule has 1 aromatic heterocycles. The van der Waals surface area contributed by atoms with E-state index in [0.29, 0.717) is 44.2 Å². The quantitative estimate of drug-likeness (QED) is 0.713. The van der Waals surface area contributed by atoms with Gasteiger partial charge in [0.05, 0.1) is 17.3 Å². The van der Waals surface area contributed by atoms with Crippen molar-refractivity contribution in [2.24, 2.45) is 0 Å². The largest absolute Gasteiger partial charge is 0.492 e. The summed E-state index contributed by atoms with van der Waals surface area (Å²) in [5.74, 6) is 0.0328. The number of benzene rings is 1. The van der Waals surface area contributed by atoms with Crippen LogP contribution in [0.2, 0.25) is 0 Å². The summed E-state index contributed by atoms with van der Waals surface area (Å²) in [6.45, 7) is 8.27. The van der Waals surface area contributed by atoms with Crippen LogP contribution in [0.4, 0.5) is 5.69 Å². The van der Waals surface area contributed by atoms with E-state index < -0.39 is 10.0 Å². The Hall–Kier alpha value is -2.01. The van der Waals surface area contributed by atoms with E-state index in [1.807, 2.05) is 12.3 Å². The Bertz CT molecular complexity index is 966. The second-order valence-corrected chi connectivity index (χ2v) is 9.78. The highest BCUT2D eigenvalue weighted by atomic mass is 32.2. The van der Waals surface area contributed by atoms with Gasteiger partial charge in [0.2, 0.25) is 15.9 Å². The standard InChI is InChI=1S/C19H26N4O4S2/c1-4-27-18-6-5-16(20-14(2)24)11-19(18)29(25,26)23-9-7-22(8-10-23)12-17-13-28-15(3)21-17/h5-6,11,13H,4,7-10,12H2,1-3H3,(H,20,24). The number of nitrogens with zero attached hydrogens (tertiary/aromatic N) is 3. The molecule has 3 rings (SSSR count). The van der Waals surface area contributed by atoms with Gasteiger partial charge in [0.1, 0.15) is 10.6 Å². The number of ether oxygens (including phenoxy) is 1. The molecule has 1 aliphatic heterocycles. The van der Waals surface area contributed by atoms with Crippen molar-refractivity contribution in [3.63, 3.8) is 0 Å². The second kappa shape index (κ2) is 9.21. The Balaban J connectivity index is 1.75. The Morgan fingerprint density at radius 1 is 1.28 bits per heavy atom. The van der Waals surface area contributed by atoms with E-state index in [-0.39, 0.29) is 10.8 Å². The third kappa shape index (κ3) is 5.33. The number of sulfonamides is 1. The summed E-state index contributed by atoms with van der Waals surface area (Å²) in [7, 11) is -3.75. The Morgan fingerprint density at radius 3 is 2.59 bits per heavy atom. The van der Waals surface area contributed by atoms with Crippen LogP contribution in [0.15, 0.2) is 28.5 Å². The first kappa shape index (κ1) is 21.7. The van der Waals surface area contributed by atoms with Crippen molar-refractivity contribution in [2.75, 3.05) is 38.1 Å². The van der Waals surface area contributed by atoms with Crippen LogP contribution in [-0.2, 0) is 21.4 Å². The number of amides is 1. The van der Waals surface area contributed by atoms with Crippen molar-refractivity contribution in [1.82, 2.24) is 14.2 Å². The van der Waals surface area contributed by atoms with E-state index in [0.717, 1.165) is 17.2 Å². The average Bonchev–Trinajstić information content (AvgIpc) is 3.08. The number of thiazole rings is 1. The third-order valence-electron chi connectivity index (χ3n) is 4.57. The van der Waals surface area contributed by atoms with E-state index in [9.17, 15) is 13.2 Å². The number of carbonyl (C=O) groups is 1. The summed E-state index contributed by atoms with van der Waals surface area (Å²) >= 11 is 1.62. The normalized spacial score (nSPS) is 16.0. The minimum Gasteiger partial charge on any atom is -0.492 e. The monoisotopic (exact) mass is 438 g/mol. The third-order valence-corrected chi connectivity index (χ3v) is 7.31. The lowest BCUT2D eigenvalue weighted by molar-refractivity contribution is -0.114. The summed E-state index contributed by atoms with van der Waals surface area (Å²) in [5.41, 5.74) is 1.45. The van der Waals surface area contributed by atoms with Gasteiger partial charge in [0.15, 0.2) is 0 Å². The molecule has 1 amide bonds. The summed E-state index contributed by atoms with van der Waals surface area (Å²) in [4.78, 5) is 18.1. The van der Waals surface area contributed by atoms with Gasteiger partial charge >= 0.3 is 0 Å². The highest BCUT2D eigenvalue weighted by molar-refractivity contribution is 7.89. The molecule has 1 N–H and O–H groups in total. The number of nitrogens with one attached hydrogen (secondary N) is 1. The fourth-order valence-corrected chi connectivity index (χ4v) is 5.43. The van der Waals surface area contributed by atoms with Gasteiger partial charge in [-0.2, -0.15) is 4.31 Å². The second-order valence-electron chi connectivity index (χ2n) is 6.81. The molecule has 10 heteroatoms. The molecule has 0 spiro atoms. The predicted octanol–water partition coefficient (Wildman–Crippen LogP) is 2.32. The number of aromatic nitrogens is 1. The number of carbonyl (C=O) groups excluding carboxylic acids is 1. The lowest BCUT2D eigenvalue weighted by atomic mass is 10.3. The fourth-order valence-electron chi connectivity index (χ4n) is 3.24. The number of hydrogen-bond donors (Lipinski definition) is 1. The maximum atomic E-state index is 13.3. The topological polar surface area (TPSA) is 91.8 Å². The predicted molar refractivity (Wildman–Crippen MR) is 113 cm³/mol. The van der Waals surface area contributed by atoms with E-state index >= 15 is 0 Å². The highest BCUT2D eigenvalue weighted by Crippen LogP contribution is 2.30. The molecule has 29 heavy (non-hydrogen) atoms.